The summed E-state index contributed by atoms with van der Waals surface area (Å²) in [5.74, 6) is -1.02. The van der Waals surface area contributed by atoms with Crippen LogP contribution in [-0.2, 0) is 39.2 Å². The van der Waals surface area contributed by atoms with E-state index in [-0.39, 0.29) is 65.7 Å². The van der Waals surface area contributed by atoms with Crippen LogP contribution in [0.1, 0.15) is 126 Å². The van der Waals surface area contributed by atoms with Gasteiger partial charge in [0.15, 0.2) is 10.3 Å². The SMILES string of the molecule is COc1ccc2c(O[C@@H]3C[C@@H](C(=O)N[C@]45C[C@H]4/C=C\CCCCCNc4ccccc4S(=O)(=O)NC5=O)N(C(=O)NC(C)(C)C)C3)cc(-c3csc(NC(C)C)n3)nc2c1.COc1ccc2c(O[C@H]3CN[C@H](C(=O)N[C@]45C[C@H]4/C=C\CCCCCNc4ccccc4S(=O)(=O)NC5=O)C3)cc(-c3csc(NC(C)C)n3)nc2c1.Cl. The number of likely N-dealkylation sites (tertiary alicyclic amines) is 1. The zero-order valence-corrected chi connectivity index (χ0v) is 69.3. The third kappa shape index (κ3) is 19.7. The van der Waals surface area contributed by atoms with E-state index in [1.54, 1.807) is 50.6 Å². The highest BCUT2D eigenvalue weighted by atomic mass is 35.5. The third-order valence-electron chi connectivity index (χ3n) is 20.4. The molecule has 2 saturated carbocycles. The Hall–Kier alpha value is -9.86. The maximum Gasteiger partial charge on any atom is 0.318 e. The molecule has 4 aromatic carbocycles. The lowest BCUT2D eigenvalue weighted by Gasteiger charge is -2.30. The van der Waals surface area contributed by atoms with E-state index < -0.39 is 90.4 Å². The molecule has 8 aromatic rings. The van der Waals surface area contributed by atoms with E-state index in [2.05, 4.69) is 65.8 Å². The Morgan fingerprint density at radius 1 is 0.588 bits per heavy atom. The van der Waals surface area contributed by atoms with Crippen LogP contribution in [0.2, 0.25) is 0 Å². The average Bonchev–Trinajstić information content (AvgIpc) is 1.57. The van der Waals surface area contributed by atoms with Gasteiger partial charge in [-0.3, -0.25) is 19.2 Å². The van der Waals surface area contributed by atoms with Crippen LogP contribution in [0.3, 0.4) is 0 Å². The van der Waals surface area contributed by atoms with Gasteiger partial charge < -0.3 is 66.4 Å². The van der Waals surface area contributed by atoms with Crippen LogP contribution in [0.25, 0.3) is 44.6 Å². The number of nitrogens with zero attached hydrogens (tertiary/aromatic N) is 5. The Morgan fingerprint density at radius 3 is 1.54 bits per heavy atom. The molecule has 608 valence electrons. The molecular formula is C81H100ClN15O13S4. The standard InChI is InChI=1S/C43H54N8O7S2.C38H45N7O6S2.ClH/c1-26(2)45-40-47-34(25-59-40)33-22-36(30-18-17-28(57-6)20-32(30)46-33)58-29-21-35(51(24-29)41(54)49-42(3,4)5)38(52)48-43-23-27(43)14-10-8-7-9-13-19-44-31-15-11-12-16-37(31)60(55,56)50-39(43)53;1-23(2)41-37-43-32(22-52-37)30-19-33(27-15-14-25(50-3)17-29(27)42-30)51-26-18-31(40-21-26)35(46)44-38-20-24(38)11-7-5-4-6-10-16-39-28-12-8-9-13-34(28)53(48,49)45-36(38)47;/h10-12,14-18,20,22,25-27,29,35,44H,7-9,13,19,21,23-24H2,1-6H3,(H,45,47)(H,48,52)(H,49,54)(H,50,53);7-9,11-15,17,19,22-24,26,31,39-40H,4-6,10,16,18,20-21H2,1-3H3,(H,41,43)(H,44,46)(H,45,47);1H/b14-10-;11-7-;/t27-,29-,35+,43-;24-,26-,31+,38-;/m11./s1. The van der Waals surface area contributed by atoms with Crippen molar-refractivity contribution in [3.8, 4) is 45.8 Å². The number of hydrogen-bond acceptors (Lipinski definition) is 24. The number of rotatable bonds is 16. The van der Waals surface area contributed by atoms with Crippen molar-refractivity contribution >= 4 is 128 Å². The number of sulfonamides is 2. The molecule has 6 aliphatic rings. The first-order valence-corrected chi connectivity index (χ1v) is 43.2. The number of para-hydroxylation sites is 2. The van der Waals surface area contributed by atoms with Gasteiger partial charge in [-0.15, -0.1) is 35.1 Å². The van der Waals surface area contributed by atoms with E-state index >= 15 is 0 Å². The fourth-order valence-corrected chi connectivity index (χ4v) is 18.6. The second-order valence-corrected chi connectivity index (χ2v) is 36.0. The van der Waals surface area contributed by atoms with Crippen LogP contribution >= 0.6 is 35.1 Å². The Balaban J connectivity index is 0.000000211. The molecule has 4 aromatic heterocycles. The van der Waals surface area contributed by atoms with Crippen LogP contribution in [0.4, 0.5) is 26.4 Å². The van der Waals surface area contributed by atoms with Gasteiger partial charge in [0.25, 0.3) is 31.9 Å². The number of ether oxygens (including phenoxy) is 4. The minimum Gasteiger partial charge on any atom is -0.497 e. The lowest BCUT2D eigenvalue weighted by atomic mass is 10.1. The zero-order valence-electron chi connectivity index (χ0n) is 65.2. The molecule has 6 amide bonds. The van der Waals surface area contributed by atoms with E-state index in [1.165, 1.54) is 39.7 Å². The number of thiazole rings is 2. The number of halogens is 1. The Morgan fingerprint density at radius 2 is 1.06 bits per heavy atom. The minimum atomic E-state index is -4.34. The zero-order chi connectivity index (χ0) is 80.0. The van der Waals surface area contributed by atoms with Crippen molar-refractivity contribution in [1.29, 1.82) is 0 Å². The first-order chi connectivity index (χ1) is 54.1. The van der Waals surface area contributed by atoms with E-state index in [0.717, 1.165) is 67.0 Å². The summed E-state index contributed by atoms with van der Waals surface area (Å²) in [7, 11) is -5.39. The molecule has 10 N–H and O–H groups in total. The monoisotopic (exact) mass is 1650 g/mol. The molecule has 2 saturated heterocycles. The van der Waals surface area contributed by atoms with Gasteiger partial charge >= 0.3 is 6.03 Å². The maximum atomic E-state index is 14.6. The molecule has 8 atom stereocenters. The number of carbonyl (C=O) groups excluding carboxylic acids is 5. The second-order valence-electron chi connectivity index (χ2n) is 31.0. The molecule has 0 radical (unpaired) electrons. The number of methoxy groups -OCH3 is 2. The van der Waals surface area contributed by atoms with Crippen molar-refractivity contribution in [3.63, 3.8) is 0 Å². The molecule has 28 nitrogen and oxygen atoms in total. The first kappa shape index (κ1) is 83.6. The van der Waals surface area contributed by atoms with E-state index in [4.69, 9.17) is 38.9 Å². The van der Waals surface area contributed by atoms with Gasteiger partial charge in [0.1, 0.15) is 73.5 Å². The largest absolute Gasteiger partial charge is 0.497 e. The summed E-state index contributed by atoms with van der Waals surface area (Å²) in [5, 5.41) is 32.1. The quantitative estimate of drug-likeness (QED) is 0.0402. The van der Waals surface area contributed by atoms with Gasteiger partial charge in [-0.25, -0.2) is 51.0 Å². The number of anilines is 4. The number of fused-ring (bicyclic) bond motifs is 6. The van der Waals surface area contributed by atoms with Crippen LogP contribution in [0, 0.1) is 11.8 Å². The maximum absolute atomic E-state index is 14.6. The number of amides is 6. The predicted octanol–water partition coefficient (Wildman–Crippen LogP) is 12.1. The predicted molar refractivity (Wildman–Crippen MR) is 446 cm³/mol. The van der Waals surface area contributed by atoms with Crippen molar-refractivity contribution in [3.05, 3.63) is 132 Å². The fraction of sp³-hybridized carbons (Fsp3) is 0.444. The van der Waals surface area contributed by atoms with Crippen molar-refractivity contribution in [2.24, 2.45) is 11.8 Å². The molecule has 2 aliphatic carbocycles. The van der Waals surface area contributed by atoms with Crippen molar-refractivity contribution in [2.75, 3.05) is 61.7 Å². The van der Waals surface area contributed by atoms with Crippen LogP contribution in [0.15, 0.2) is 142 Å². The summed E-state index contributed by atoms with van der Waals surface area (Å²) in [6.07, 6.45) is 14.8. The van der Waals surface area contributed by atoms with Gasteiger partial charge in [-0.1, -0.05) is 61.4 Å². The molecule has 4 aliphatic heterocycles. The average molecular weight is 1660 g/mol. The van der Waals surface area contributed by atoms with Gasteiger partial charge in [0.2, 0.25) is 11.8 Å². The summed E-state index contributed by atoms with van der Waals surface area (Å²) in [6.45, 7) is 15.3. The summed E-state index contributed by atoms with van der Waals surface area (Å²) in [5.41, 5.74) is 1.11. The number of urea groups is 1. The molecular weight excluding hydrogens is 1550 g/mol. The number of pyridine rings is 2. The van der Waals surface area contributed by atoms with Gasteiger partial charge in [-0.2, -0.15) is 0 Å². The van der Waals surface area contributed by atoms with E-state index in [9.17, 15) is 40.8 Å². The summed E-state index contributed by atoms with van der Waals surface area (Å²) in [4.78, 5) is 91.0. The smallest absolute Gasteiger partial charge is 0.318 e. The minimum absolute atomic E-state index is 0. The van der Waals surface area contributed by atoms with E-state index in [0.29, 0.717) is 106 Å². The van der Waals surface area contributed by atoms with Crippen molar-refractivity contribution < 1.29 is 59.8 Å². The first-order valence-electron chi connectivity index (χ1n) is 38.5. The summed E-state index contributed by atoms with van der Waals surface area (Å²) in [6, 6.07) is 25.9. The van der Waals surface area contributed by atoms with Gasteiger partial charge in [-0.05, 0) is 148 Å². The third-order valence-corrected chi connectivity index (χ3v) is 24.7. The number of benzene rings is 4. The van der Waals surface area contributed by atoms with Gasteiger partial charge in [0, 0.05) is 108 Å². The van der Waals surface area contributed by atoms with Crippen LogP contribution in [-0.4, -0.2) is 165 Å². The molecule has 0 unspecified atom stereocenters. The summed E-state index contributed by atoms with van der Waals surface area (Å²) < 4.78 is 83.4. The number of nitrogens with one attached hydrogen (secondary N) is 10. The van der Waals surface area contributed by atoms with Crippen LogP contribution < -0.4 is 70.9 Å². The van der Waals surface area contributed by atoms with Crippen molar-refractivity contribution in [2.45, 2.75) is 188 Å². The second kappa shape index (κ2) is 35.5. The number of aromatic nitrogens is 4. The van der Waals surface area contributed by atoms with E-state index in [1.807, 2.05) is 118 Å². The highest BCUT2D eigenvalue weighted by Crippen LogP contribution is 2.48. The molecule has 8 heterocycles. The topological polar surface area (TPSA) is 366 Å². The highest BCUT2D eigenvalue weighted by Gasteiger charge is 2.63. The Kier molecular flexibility index (Phi) is 26.0. The number of hydrogen-bond donors (Lipinski definition) is 10. The lowest BCUT2D eigenvalue weighted by Crippen LogP contribution is -2.58. The normalized spacial score (nSPS) is 23.9. The fourth-order valence-electron chi connectivity index (χ4n) is 14.5. The number of allylic oxidation sites excluding steroid dienone is 2. The Bertz CT molecular complexity index is 5170. The van der Waals surface area contributed by atoms with Crippen LogP contribution in [0.5, 0.6) is 23.0 Å². The molecule has 33 heteroatoms. The molecule has 0 bridgehead atoms. The van der Waals surface area contributed by atoms with Gasteiger partial charge in [0.05, 0.1) is 60.6 Å². The molecule has 14 rings (SSSR count). The lowest BCUT2D eigenvalue weighted by molar-refractivity contribution is -0.131. The van der Waals surface area contributed by atoms with Crippen molar-refractivity contribution in [1.82, 2.24) is 55.5 Å². The highest BCUT2D eigenvalue weighted by molar-refractivity contribution is 7.90. The molecule has 114 heavy (non-hydrogen) atoms. The number of carbonyl (C=O) groups is 5. The Labute approximate surface area is 678 Å². The molecule has 0 spiro atoms. The molecule has 4 fully saturated rings. The summed E-state index contributed by atoms with van der Waals surface area (Å²) >= 11 is 2.97.